The lowest BCUT2D eigenvalue weighted by atomic mass is 9.96. The number of hydrogen-bond donors (Lipinski definition) is 2. The van der Waals surface area contributed by atoms with E-state index in [2.05, 4.69) is 25.3 Å². The quantitative estimate of drug-likeness (QED) is 0.468. The number of nitrogens with one attached hydrogen (secondary N) is 2. The maximum atomic E-state index is 13.2. The Morgan fingerprint density at radius 1 is 1.23 bits per heavy atom. The molecule has 1 unspecified atom stereocenters. The Morgan fingerprint density at radius 2 is 2.13 bits per heavy atom. The van der Waals surface area contributed by atoms with Crippen LogP contribution < -0.4 is 10.4 Å². The lowest BCUT2D eigenvalue weighted by Gasteiger charge is -2.26. The van der Waals surface area contributed by atoms with Crippen molar-refractivity contribution in [3.05, 3.63) is 70.5 Å². The van der Waals surface area contributed by atoms with Crippen LogP contribution in [0, 0.1) is 13.8 Å². The summed E-state index contributed by atoms with van der Waals surface area (Å²) in [7, 11) is 0. The number of H-pyrrole nitrogens is 2. The largest absolute Gasteiger partial charge is 0.488 e. The summed E-state index contributed by atoms with van der Waals surface area (Å²) in [6.45, 7) is 4.05. The van der Waals surface area contributed by atoms with E-state index in [9.17, 15) is 4.79 Å². The van der Waals surface area contributed by atoms with Gasteiger partial charge >= 0.3 is 5.69 Å². The van der Waals surface area contributed by atoms with E-state index in [-0.39, 0.29) is 18.3 Å². The van der Waals surface area contributed by atoms with Crippen molar-refractivity contribution in [1.82, 2.24) is 29.9 Å². The molecule has 4 aromatic heterocycles. The third-order valence-corrected chi connectivity index (χ3v) is 5.78. The van der Waals surface area contributed by atoms with Gasteiger partial charge in [-0.2, -0.15) is 5.10 Å². The van der Waals surface area contributed by atoms with Gasteiger partial charge in [-0.25, -0.2) is 4.79 Å². The maximum Gasteiger partial charge on any atom is 0.327 e. The van der Waals surface area contributed by atoms with Crippen molar-refractivity contribution in [3.8, 4) is 28.0 Å². The lowest BCUT2D eigenvalue weighted by molar-refractivity contribution is 0.255. The highest BCUT2D eigenvalue weighted by atomic mass is 16.5. The van der Waals surface area contributed by atoms with Gasteiger partial charge in [0.2, 0.25) is 0 Å². The molecule has 0 radical (unpaired) electrons. The Labute approximate surface area is 175 Å². The molecule has 1 atom stereocenters. The molecular weight excluding hydrogens is 396 g/mol. The monoisotopic (exact) mass is 414 g/mol. The summed E-state index contributed by atoms with van der Waals surface area (Å²) in [6, 6.07) is 7.32. The lowest BCUT2D eigenvalue weighted by Crippen LogP contribution is -2.31. The minimum Gasteiger partial charge on any atom is -0.488 e. The van der Waals surface area contributed by atoms with E-state index in [4.69, 9.17) is 9.26 Å². The molecule has 0 saturated heterocycles. The molecule has 1 aliphatic heterocycles. The Morgan fingerprint density at radius 3 is 2.84 bits per heavy atom. The molecule has 0 aliphatic carbocycles. The zero-order chi connectivity index (χ0) is 21.1. The second-order valence-corrected chi connectivity index (χ2v) is 7.59. The summed E-state index contributed by atoms with van der Waals surface area (Å²) >= 11 is 0. The predicted molar refractivity (Wildman–Crippen MR) is 113 cm³/mol. The molecule has 0 amide bonds. The number of rotatable bonds is 3. The fourth-order valence-electron chi connectivity index (χ4n) is 4.43. The molecule has 154 valence electrons. The minimum atomic E-state index is -0.341. The third-order valence-electron chi connectivity index (χ3n) is 5.78. The Bertz CT molecular complexity index is 1460. The van der Waals surface area contributed by atoms with Crippen molar-refractivity contribution in [2.24, 2.45) is 0 Å². The van der Waals surface area contributed by atoms with Crippen LogP contribution in [-0.2, 0) is 0 Å². The molecule has 0 spiro atoms. The van der Waals surface area contributed by atoms with Crippen molar-refractivity contribution in [3.63, 3.8) is 0 Å². The van der Waals surface area contributed by atoms with E-state index in [1.54, 1.807) is 23.2 Å². The van der Waals surface area contributed by atoms with Crippen molar-refractivity contribution in [1.29, 1.82) is 0 Å². The van der Waals surface area contributed by atoms with Gasteiger partial charge in [-0.3, -0.25) is 14.6 Å². The summed E-state index contributed by atoms with van der Waals surface area (Å²) in [4.78, 5) is 20.7. The van der Waals surface area contributed by atoms with Crippen LogP contribution in [0.25, 0.3) is 33.3 Å². The van der Waals surface area contributed by atoms with E-state index in [1.165, 1.54) is 0 Å². The average molecular weight is 414 g/mol. The number of benzene rings is 1. The highest BCUT2D eigenvalue weighted by molar-refractivity contribution is 6.02. The van der Waals surface area contributed by atoms with Crippen LogP contribution in [0.1, 0.15) is 23.2 Å². The Balaban J connectivity index is 1.73. The summed E-state index contributed by atoms with van der Waals surface area (Å²) in [6.07, 6.45) is 5.24. The standard InChI is InChI=1S/C22H18N6O3/c1-11-18(12(2)31-27-11)15-7-14(13-8-24-25-9-13)19-20-21(15)30-10-17(28(20)22(29)26-19)16-5-3-4-6-23-16/h3-9,17H,10H2,1-2H3,(H,24,25)(H,26,29). The smallest absolute Gasteiger partial charge is 0.327 e. The van der Waals surface area contributed by atoms with Crippen LogP contribution in [0.2, 0.25) is 0 Å². The van der Waals surface area contributed by atoms with Crippen LogP contribution in [-0.4, -0.2) is 36.5 Å². The molecule has 1 aromatic carbocycles. The van der Waals surface area contributed by atoms with Gasteiger partial charge in [-0.05, 0) is 32.0 Å². The molecule has 31 heavy (non-hydrogen) atoms. The SMILES string of the molecule is Cc1noc(C)c1-c1cc(-c2cn[nH]c2)c2[nH]c(=O)n3c2c1OCC3c1ccccn1. The number of aromatic amines is 2. The number of imidazole rings is 1. The van der Waals surface area contributed by atoms with E-state index < -0.39 is 0 Å². The van der Waals surface area contributed by atoms with Crippen LogP contribution in [0.3, 0.4) is 0 Å². The molecule has 1 aliphatic rings. The first-order chi connectivity index (χ1) is 15.1. The first-order valence-corrected chi connectivity index (χ1v) is 9.91. The van der Waals surface area contributed by atoms with Gasteiger partial charge in [0.05, 0.1) is 28.7 Å². The first kappa shape index (κ1) is 17.7. The number of ether oxygens (including phenoxy) is 1. The number of nitrogens with zero attached hydrogens (tertiary/aromatic N) is 4. The Hall–Kier alpha value is -4.14. The van der Waals surface area contributed by atoms with E-state index in [0.29, 0.717) is 22.5 Å². The highest BCUT2D eigenvalue weighted by Crippen LogP contribution is 2.46. The topological polar surface area (TPSA) is 115 Å². The number of aryl methyl sites for hydroxylation is 2. The fraction of sp³-hybridized carbons (Fsp3) is 0.182. The summed E-state index contributed by atoms with van der Waals surface area (Å²) in [5.74, 6) is 1.31. The van der Waals surface area contributed by atoms with Crippen LogP contribution in [0.5, 0.6) is 5.75 Å². The number of hydrogen-bond acceptors (Lipinski definition) is 6. The summed E-state index contributed by atoms with van der Waals surface area (Å²) < 4.78 is 13.5. The van der Waals surface area contributed by atoms with Gasteiger partial charge in [-0.1, -0.05) is 11.2 Å². The average Bonchev–Trinajstić information content (AvgIpc) is 3.51. The van der Waals surface area contributed by atoms with Crippen LogP contribution in [0.4, 0.5) is 0 Å². The van der Waals surface area contributed by atoms with Crippen molar-refractivity contribution in [2.45, 2.75) is 19.9 Å². The second-order valence-electron chi connectivity index (χ2n) is 7.59. The molecule has 5 aromatic rings. The number of aromatic nitrogens is 6. The normalized spacial score (nSPS) is 15.4. The van der Waals surface area contributed by atoms with E-state index in [0.717, 1.165) is 33.6 Å². The molecule has 0 fully saturated rings. The van der Waals surface area contributed by atoms with E-state index >= 15 is 0 Å². The molecule has 9 nitrogen and oxygen atoms in total. The molecular formula is C22H18N6O3. The van der Waals surface area contributed by atoms with Gasteiger partial charge in [-0.15, -0.1) is 0 Å². The van der Waals surface area contributed by atoms with Gasteiger partial charge in [0.15, 0.2) is 5.75 Å². The number of pyridine rings is 1. The summed E-state index contributed by atoms with van der Waals surface area (Å²) in [5, 5.41) is 11.0. The van der Waals surface area contributed by atoms with Crippen molar-refractivity contribution >= 4 is 11.0 Å². The van der Waals surface area contributed by atoms with Gasteiger partial charge in [0, 0.05) is 29.1 Å². The third kappa shape index (κ3) is 2.49. The van der Waals surface area contributed by atoms with Crippen LogP contribution >= 0.6 is 0 Å². The zero-order valence-electron chi connectivity index (χ0n) is 16.8. The van der Waals surface area contributed by atoms with Gasteiger partial charge < -0.3 is 14.2 Å². The molecule has 6 rings (SSSR count). The maximum absolute atomic E-state index is 13.2. The van der Waals surface area contributed by atoms with Gasteiger partial charge in [0.25, 0.3) is 0 Å². The van der Waals surface area contributed by atoms with Gasteiger partial charge in [0.1, 0.15) is 23.9 Å². The van der Waals surface area contributed by atoms with Crippen molar-refractivity contribution in [2.75, 3.05) is 6.61 Å². The zero-order valence-corrected chi connectivity index (χ0v) is 16.8. The predicted octanol–water partition coefficient (Wildman–Crippen LogP) is 3.37. The fourth-order valence-corrected chi connectivity index (χ4v) is 4.43. The van der Waals surface area contributed by atoms with Crippen LogP contribution in [0.15, 0.2) is 52.2 Å². The van der Waals surface area contributed by atoms with E-state index in [1.807, 2.05) is 38.1 Å². The molecule has 2 N–H and O–H groups in total. The highest BCUT2D eigenvalue weighted by Gasteiger charge is 2.32. The summed E-state index contributed by atoms with van der Waals surface area (Å²) in [5.41, 5.74) is 6.07. The minimum absolute atomic E-state index is 0.212. The molecule has 0 saturated carbocycles. The molecule has 0 bridgehead atoms. The molecule has 5 heterocycles. The second kappa shape index (κ2) is 6.43. The molecule has 9 heteroatoms. The Kier molecular flexibility index (Phi) is 3.67. The first-order valence-electron chi connectivity index (χ1n) is 9.91. The van der Waals surface area contributed by atoms with Crippen molar-refractivity contribution < 1.29 is 9.26 Å².